The van der Waals surface area contributed by atoms with Gasteiger partial charge in [-0.15, -0.1) is 0 Å². The average molecular weight is 278 g/mol. The van der Waals surface area contributed by atoms with Crippen molar-refractivity contribution >= 4 is 6.03 Å². The Morgan fingerprint density at radius 2 is 1.90 bits per heavy atom. The van der Waals surface area contributed by atoms with Crippen LogP contribution in [0.15, 0.2) is 30.3 Å². The van der Waals surface area contributed by atoms with Gasteiger partial charge in [0.25, 0.3) is 0 Å². The summed E-state index contributed by atoms with van der Waals surface area (Å²) in [6, 6.07) is 10.1. The van der Waals surface area contributed by atoms with Crippen LogP contribution >= 0.6 is 0 Å². The third kappa shape index (κ3) is 4.22. The molecule has 110 valence electrons. The molecule has 0 aromatic heterocycles. The second kappa shape index (κ2) is 7.88. The van der Waals surface area contributed by atoms with E-state index in [0.717, 1.165) is 0 Å². The van der Waals surface area contributed by atoms with Crippen molar-refractivity contribution in [2.24, 2.45) is 5.92 Å². The molecule has 0 aliphatic heterocycles. The summed E-state index contributed by atoms with van der Waals surface area (Å²) in [6.45, 7) is 0.163. The molecule has 4 heteroatoms. The SMILES string of the molecule is O=C(NCCF)NCC(c1ccccc1)C1CCCC1. The van der Waals surface area contributed by atoms with Gasteiger partial charge in [0.15, 0.2) is 0 Å². The topological polar surface area (TPSA) is 41.1 Å². The number of nitrogens with one attached hydrogen (secondary N) is 2. The molecular formula is C16H23FN2O. The molecule has 1 aromatic rings. The van der Waals surface area contributed by atoms with Gasteiger partial charge in [0.1, 0.15) is 6.67 Å². The van der Waals surface area contributed by atoms with E-state index in [9.17, 15) is 9.18 Å². The number of carbonyl (C=O) groups excluding carboxylic acids is 1. The zero-order valence-electron chi connectivity index (χ0n) is 11.8. The third-order valence-electron chi connectivity index (χ3n) is 4.06. The molecule has 2 rings (SSSR count). The van der Waals surface area contributed by atoms with E-state index >= 15 is 0 Å². The first-order valence-electron chi connectivity index (χ1n) is 7.44. The second-order valence-corrected chi connectivity index (χ2v) is 5.39. The van der Waals surface area contributed by atoms with Crippen molar-refractivity contribution in [1.82, 2.24) is 10.6 Å². The van der Waals surface area contributed by atoms with Crippen LogP contribution in [0.5, 0.6) is 0 Å². The van der Waals surface area contributed by atoms with Crippen LogP contribution < -0.4 is 10.6 Å². The summed E-state index contributed by atoms with van der Waals surface area (Å²) in [5.41, 5.74) is 1.28. The zero-order valence-corrected chi connectivity index (χ0v) is 11.8. The Morgan fingerprint density at radius 1 is 1.20 bits per heavy atom. The van der Waals surface area contributed by atoms with Gasteiger partial charge >= 0.3 is 6.03 Å². The normalized spacial score (nSPS) is 16.9. The number of amides is 2. The molecule has 1 aliphatic carbocycles. The van der Waals surface area contributed by atoms with E-state index in [2.05, 4.69) is 22.8 Å². The minimum absolute atomic E-state index is 0.0747. The van der Waals surface area contributed by atoms with Gasteiger partial charge in [0.05, 0.1) is 0 Å². The fourth-order valence-corrected chi connectivity index (χ4v) is 3.04. The number of hydrogen-bond donors (Lipinski definition) is 2. The Morgan fingerprint density at radius 3 is 2.55 bits per heavy atom. The Labute approximate surface area is 120 Å². The highest BCUT2D eigenvalue weighted by Crippen LogP contribution is 2.36. The summed E-state index contributed by atoms with van der Waals surface area (Å²) in [6.07, 6.45) is 5.02. The van der Waals surface area contributed by atoms with Crippen molar-refractivity contribution in [3.05, 3.63) is 35.9 Å². The number of urea groups is 1. The lowest BCUT2D eigenvalue weighted by Gasteiger charge is -2.24. The smallest absolute Gasteiger partial charge is 0.314 e. The highest BCUT2D eigenvalue weighted by atomic mass is 19.1. The quantitative estimate of drug-likeness (QED) is 0.824. The van der Waals surface area contributed by atoms with Crippen LogP contribution in [0.3, 0.4) is 0 Å². The number of halogens is 1. The van der Waals surface area contributed by atoms with Crippen LogP contribution in [0.4, 0.5) is 9.18 Å². The van der Waals surface area contributed by atoms with E-state index < -0.39 is 6.67 Å². The van der Waals surface area contributed by atoms with Crippen LogP contribution in [-0.4, -0.2) is 25.8 Å². The number of alkyl halides is 1. The summed E-state index contributed by atoms with van der Waals surface area (Å²) >= 11 is 0. The van der Waals surface area contributed by atoms with Crippen molar-refractivity contribution in [2.45, 2.75) is 31.6 Å². The molecule has 1 saturated carbocycles. The first-order valence-corrected chi connectivity index (χ1v) is 7.44. The van der Waals surface area contributed by atoms with Gasteiger partial charge in [0, 0.05) is 19.0 Å². The molecule has 0 heterocycles. The molecule has 0 radical (unpaired) electrons. The van der Waals surface area contributed by atoms with Gasteiger partial charge in [-0.05, 0) is 24.3 Å². The van der Waals surface area contributed by atoms with Gasteiger partial charge in [-0.1, -0.05) is 43.2 Å². The molecule has 1 aliphatic rings. The highest BCUT2D eigenvalue weighted by molar-refractivity contribution is 5.73. The van der Waals surface area contributed by atoms with E-state index in [1.54, 1.807) is 0 Å². The van der Waals surface area contributed by atoms with Crippen LogP contribution in [0.2, 0.25) is 0 Å². The minimum Gasteiger partial charge on any atom is -0.338 e. The minimum atomic E-state index is -0.530. The maximum atomic E-state index is 12.0. The summed E-state index contributed by atoms with van der Waals surface area (Å²) in [5, 5.41) is 5.38. The summed E-state index contributed by atoms with van der Waals surface area (Å²) in [4.78, 5) is 11.6. The molecule has 1 aromatic carbocycles. The number of benzene rings is 1. The third-order valence-corrected chi connectivity index (χ3v) is 4.06. The van der Waals surface area contributed by atoms with Crippen molar-refractivity contribution in [1.29, 1.82) is 0 Å². The summed E-state index contributed by atoms with van der Waals surface area (Å²) < 4.78 is 12.0. The standard InChI is InChI=1S/C16H23FN2O/c17-10-11-18-16(20)19-12-15(14-8-4-5-9-14)13-6-2-1-3-7-13/h1-3,6-7,14-15H,4-5,8-12H2,(H2,18,19,20). The van der Waals surface area contributed by atoms with Gasteiger partial charge < -0.3 is 10.6 Å². The van der Waals surface area contributed by atoms with Gasteiger partial charge in [-0.3, -0.25) is 0 Å². The molecule has 1 fully saturated rings. The zero-order chi connectivity index (χ0) is 14.2. The summed E-state index contributed by atoms with van der Waals surface area (Å²) in [7, 11) is 0. The monoisotopic (exact) mass is 278 g/mol. The van der Waals surface area contributed by atoms with Crippen LogP contribution in [0.25, 0.3) is 0 Å². The predicted molar refractivity (Wildman–Crippen MR) is 78.5 cm³/mol. The lowest BCUT2D eigenvalue weighted by molar-refractivity contribution is 0.237. The lowest BCUT2D eigenvalue weighted by atomic mass is 9.85. The van der Waals surface area contributed by atoms with Gasteiger partial charge in [-0.25, -0.2) is 9.18 Å². The number of carbonyl (C=O) groups is 1. The predicted octanol–water partition coefficient (Wildman–Crippen LogP) is 3.23. The van der Waals surface area contributed by atoms with E-state index in [4.69, 9.17) is 0 Å². The molecule has 2 N–H and O–H groups in total. The van der Waals surface area contributed by atoms with Crippen molar-refractivity contribution in [2.75, 3.05) is 19.8 Å². The largest absolute Gasteiger partial charge is 0.338 e. The van der Waals surface area contributed by atoms with Crippen LogP contribution in [-0.2, 0) is 0 Å². The molecule has 1 atom stereocenters. The van der Waals surface area contributed by atoms with E-state index in [0.29, 0.717) is 18.4 Å². The second-order valence-electron chi connectivity index (χ2n) is 5.39. The Balaban J connectivity index is 1.95. The van der Waals surface area contributed by atoms with E-state index in [-0.39, 0.29) is 12.6 Å². The fraction of sp³-hybridized carbons (Fsp3) is 0.562. The molecule has 1 unspecified atom stereocenters. The first kappa shape index (κ1) is 14.8. The maximum absolute atomic E-state index is 12.0. The van der Waals surface area contributed by atoms with Crippen LogP contribution in [0.1, 0.15) is 37.2 Å². The van der Waals surface area contributed by atoms with Gasteiger partial charge in [0.2, 0.25) is 0 Å². The maximum Gasteiger partial charge on any atom is 0.314 e. The molecule has 0 spiro atoms. The molecular weight excluding hydrogens is 255 g/mol. The lowest BCUT2D eigenvalue weighted by Crippen LogP contribution is -2.39. The van der Waals surface area contributed by atoms with Crippen molar-refractivity contribution in [3.8, 4) is 0 Å². The Kier molecular flexibility index (Phi) is 5.84. The van der Waals surface area contributed by atoms with Crippen molar-refractivity contribution in [3.63, 3.8) is 0 Å². The van der Waals surface area contributed by atoms with E-state index in [1.165, 1.54) is 31.2 Å². The van der Waals surface area contributed by atoms with Crippen molar-refractivity contribution < 1.29 is 9.18 Å². The molecule has 2 amide bonds. The first-order chi connectivity index (χ1) is 9.81. The molecule has 20 heavy (non-hydrogen) atoms. The summed E-state index contributed by atoms with van der Waals surface area (Å²) in [5.74, 6) is 0.994. The van der Waals surface area contributed by atoms with Gasteiger partial charge in [-0.2, -0.15) is 0 Å². The highest BCUT2D eigenvalue weighted by Gasteiger charge is 2.26. The molecule has 3 nitrogen and oxygen atoms in total. The number of rotatable bonds is 6. The van der Waals surface area contributed by atoms with Crippen LogP contribution in [0, 0.1) is 5.92 Å². The Bertz CT molecular complexity index is 404. The molecule has 0 saturated heterocycles. The average Bonchev–Trinajstić information content (AvgIpc) is 3.00. The number of hydrogen-bond acceptors (Lipinski definition) is 1. The van der Waals surface area contributed by atoms with E-state index in [1.807, 2.05) is 18.2 Å². The Hall–Kier alpha value is -1.58. The molecule has 0 bridgehead atoms. The fourth-order valence-electron chi connectivity index (χ4n) is 3.04.